The average molecular weight is 225 g/mol. The third-order valence-electron chi connectivity index (χ3n) is 2.49. The van der Waals surface area contributed by atoms with Crippen LogP contribution >= 0.6 is 11.6 Å². The number of ether oxygens (including phenoxy) is 1. The van der Waals surface area contributed by atoms with Crippen LogP contribution in [-0.4, -0.2) is 11.9 Å². The number of halogens is 1. The van der Waals surface area contributed by atoms with Gasteiger partial charge in [0.2, 0.25) is 0 Å². The summed E-state index contributed by atoms with van der Waals surface area (Å²) < 4.78 is 5.52. The van der Waals surface area contributed by atoms with E-state index in [2.05, 4.69) is 0 Å². The number of carbonyl (C=O) groups is 1. The van der Waals surface area contributed by atoms with E-state index in [1.165, 1.54) is 0 Å². The van der Waals surface area contributed by atoms with Gasteiger partial charge in [-0.25, -0.2) is 0 Å². The second kappa shape index (κ2) is 4.23. The standard InChI is InChI=1S/C12H13ClO2/c1-8(12(14)9-5-6-9)15-11-4-2-3-10(13)7-11/h2-4,7-9H,5-6H2,1H3. The van der Waals surface area contributed by atoms with Crippen molar-refractivity contribution in [2.75, 3.05) is 0 Å². The summed E-state index contributed by atoms with van der Waals surface area (Å²) in [7, 11) is 0. The lowest BCUT2D eigenvalue weighted by Crippen LogP contribution is -2.25. The number of hydrogen-bond donors (Lipinski definition) is 0. The maximum absolute atomic E-state index is 11.6. The van der Waals surface area contributed by atoms with Gasteiger partial charge in [-0.2, -0.15) is 0 Å². The lowest BCUT2D eigenvalue weighted by molar-refractivity contribution is -0.126. The van der Waals surface area contributed by atoms with E-state index >= 15 is 0 Å². The molecule has 1 aromatic carbocycles. The molecule has 0 aromatic heterocycles. The van der Waals surface area contributed by atoms with Crippen molar-refractivity contribution >= 4 is 17.4 Å². The summed E-state index contributed by atoms with van der Waals surface area (Å²) in [6.07, 6.45) is 1.67. The van der Waals surface area contributed by atoms with Crippen LogP contribution in [0, 0.1) is 5.92 Å². The van der Waals surface area contributed by atoms with Crippen LogP contribution in [0.5, 0.6) is 5.75 Å². The van der Waals surface area contributed by atoms with Crippen molar-refractivity contribution in [3.8, 4) is 5.75 Å². The van der Waals surface area contributed by atoms with Crippen molar-refractivity contribution < 1.29 is 9.53 Å². The van der Waals surface area contributed by atoms with Crippen molar-refractivity contribution in [3.63, 3.8) is 0 Å². The second-order valence-electron chi connectivity index (χ2n) is 3.89. The highest BCUT2D eigenvalue weighted by Crippen LogP contribution is 2.31. The molecule has 1 atom stereocenters. The second-order valence-corrected chi connectivity index (χ2v) is 4.33. The molecule has 3 heteroatoms. The Morgan fingerprint density at radius 2 is 2.27 bits per heavy atom. The van der Waals surface area contributed by atoms with Crippen molar-refractivity contribution in [1.29, 1.82) is 0 Å². The molecule has 1 fully saturated rings. The van der Waals surface area contributed by atoms with Gasteiger partial charge < -0.3 is 4.74 Å². The topological polar surface area (TPSA) is 26.3 Å². The Bertz CT molecular complexity index is 372. The van der Waals surface area contributed by atoms with Crippen LogP contribution in [-0.2, 0) is 4.79 Å². The number of Topliss-reactive ketones (excluding diaryl/α,β-unsaturated/α-hetero) is 1. The molecule has 2 nitrogen and oxygen atoms in total. The molecule has 0 saturated heterocycles. The van der Waals surface area contributed by atoms with Gasteiger partial charge in [0.1, 0.15) is 5.75 Å². The molecular formula is C12H13ClO2. The summed E-state index contributed by atoms with van der Waals surface area (Å²) in [4.78, 5) is 11.6. The molecule has 0 aliphatic heterocycles. The maximum atomic E-state index is 11.6. The quantitative estimate of drug-likeness (QED) is 0.786. The SMILES string of the molecule is CC(Oc1cccc(Cl)c1)C(=O)C1CC1. The molecule has 0 spiro atoms. The van der Waals surface area contributed by atoms with Crippen molar-refractivity contribution in [2.24, 2.45) is 5.92 Å². The fourth-order valence-electron chi connectivity index (χ4n) is 1.50. The normalized spacial score (nSPS) is 17.2. The van der Waals surface area contributed by atoms with Gasteiger partial charge in [0.05, 0.1) is 0 Å². The maximum Gasteiger partial charge on any atom is 0.176 e. The van der Waals surface area contributed by atoms with Crippen LogP contribution in [0.25, 0.3) is 0 Å². The first-order chi connectivity index (χ1) is 7.16. The first kappa shape index (κ1) is 10.5. The highest BCUT2D eigenvalue weighted by molar-refractivity contribution is 6.30. The molecule has 80 valence electrons. The van der Waals surface area contributed by atoms with Gasteiger partial charge in [-0.3, -0.25) is 4.79 Å². The largest absolute Gasteiger partial charge is 0.483 e. The van der Waals surface area contributed by atoms with Crippen molar-refractivity contribution in [3.05, 3.63) is 29.3 Å². The van der Waals surface area contributed by atoms with Gasteiger partial charge in [0.25, 0.3) is 0 Å². The van der Waals surface area contributed by atoms with E-state index in [4.69, 9.17) is 16.3 Å². The predicted molar refractivity (Wildman–Crippen MR) is 59.3 cm³/mol. The number of rotatable bonds is 4. The zero-order valence-corrected chi connectivity index (χ0v) is 9.33. The molecule has 0 heterocycles. The van der Waals surface area contributed by atoms with Crippen LogP contribution < -0.4 is 4.74 Å². The molecule has 1 aromatic rings. The lowest BCUT2D eigenvalue weighted by Gasteiger charge is -2.13. The third-order valence-corrected chi connectivity index (χ3v) is 2.72. The zero-order chi connectivity index (χ0) is 10.8. The summed E-state index contributed by atoms with van der Waals surface area (Å²) in [5.74, 6) is 1.10. The summed E-state index contributed by atoms with van der Waals surface area (Å²) >= 11 is 5.82. The molecule has 0 N–H and O–H groups in total. The summed E-state index contributed by atoms with van der Waals surface area (Å²) in [5, 5.41) is 0.624. The molecule has 1 aliphatic rings. The Kier molecular flexibility index (Phi) is 2.96. The molecule has 1 saturated carbocycles. The van der Waals surface area contributed by atoms with Gasteiger partial charge in [-0.15, -0.1) is 0 Å². The first-order valence-electron chi connectivity index (χ1n) is 5.13. The van der Waals surface area contributed by atoms with Crippen LogP contribution in [0.4, 0.5) is 0 Å². The molecule has 0 radical (unpaired) electrons. The van der Waals surface area contributed by atoms with Crippen LogP contribution in [0.15, 0.2) is 24.3 Å². The van der Waals surface area contributed by atoms with Crippen LogP contribution in [0.3, 0.4) is 0 Å². The van der Waals surface area contributed by atoms with E-state index in [0.29, 0.717) is 10.8 Å². The Hall–Kier alpha value is -1.02. The van der Waals surface area contributed by atoms with E-state index in [1.807, 2.05) is 12.1 Å². The molecular weight excluding hydrogens is 212 g/mol. The molecule has 0 bridgehead atoms. The Labute approximate surface area is 94.2 Å². The smallest absolute Gasteiger partial charge is 0.176 e. The fraction of sp³-hybridized carbons (Fsp3) is 0.417. The number of benzene rings is 1. The van der Waals surface area contributed by atoms with Crippen LogP contribution in [0.1, 0.15) is 19.8 Å². The minimum absolute atomic E-state index is 0.204. The summed E-state index contributed by atoms with van der Waals surface area (Å²) in [5.41, 5.74) is 0. The summed E-state index contributed by atoms with van der Waals surface area (Å²) in [6.45, 7) is 1.79. The highest BCUT2D eigenvalue weighted by Gasteiger charge is 2.33. The monoisotopic (exact) mass is 224 g/mol. The van der Waals surface area contributed by atoms with Gasteiger partial charge in [0, 0.05) is 10.9 Å². The van der Waals surface area contributed by atoms with Crippen LogP contribution in [0.2, 0.25) is 5.02 Å². The van der Waals surface area contributed by atoms with E-state index in [0.717, 1.165) is 12.8 Å². The zero-order valence-electron chi connectivity index (χ0n) is 8.57. The van der Waals surface area contributed by atoms with Gasteiger partial charge in [0.15, 0.2) is 11.9 Å². The van der Waals surface area contributed by atoms with E-state index in [-0.39, 0.29) is 17.8 Å². The Morgan fingerprint density at radius 3 is 2.87 bits per heavy atom. The Balaban J connectivity index is 1.98. The van der Waals surface area contributed by atoms with Crippen molar-refractivity contribution in [1.82, 2.24) is 0 Å². The van der Waals surface area contributed by atoms with Gasteiger partial charge in [-0.1, -0.05) is 17.7 Å². The van der Waals surface area contributed by atoms with Crippen molar-refractivity contribution in [2.45, 2.75) is 25.9 Å². The molecule has 2 rings (SSSR count). The van der Waals surface area contributed by atoms with E-state index in [9.17, 15) is 4.79 Å². The molecule has 1 unspecified atom stereocenters. The fourth-order valence-corrected chi connectivity index (χ4v) is 1.68. The summed E-state index contributed by atoms with van der Waals surface area (Å²) in [6, 6.07) is 7.12. The average Bonchev–Trinajstić information content (AvgIpc) is 2.99. The first-order valence-corrected chi connectivity index (χ1v) is 5.50. The molecule has 15 heavy (non-hydrogen) atoms. The highest BCUT2D eigenvalue weighted by atomic mass is 35.5. The lowest BCUT2D eigenvalue weighted by atomic mass is 10.2. The molecule has 0 amide bonds. The number of hydrogen-bond acceptors (Lipinski definition) is 2. The number of carbonyl (C=O) groups excluding carboxylic acids is 1. The van der Waals surface area contributed by atoms with Gasteiger partial charge >= 0.3 is 0 Å². The van der Waals surface area contributed by atoms with E-state index < -0.39 is 0 Å². The van der Waals surface area contributed by atoms with Gasteiger partial charge in [-0.05, 0) is 38.0 Å². The molecule has 1 aliphatic carbocycles. The van der Waals surface area contributed by atoms with E-state index in [1.54, 1.807) is 19.1 Å². The predicted octanol–water partition coefficient (Wildman–Crippen LogP) is 3.09. The third kappa shape index (κ3) is 2.72. The number of ketones is 1. The Morgan fingerprint density at radius 1 is 1.53 bits per heavy atom. The minimum atomic E-state index is -0.365. The minimum Gasteiger partial charge on any atom is -0.483 e.